The maximum atomic E-state index is 14.0. The summed E-state index contributed by atoms with van der Waals surface area (Å²) in [7, 11) is 0. The van der Waals surface area contributed by atoms with Crippen molar-refractivity contribution < 1.29 is 18.3 Å². The predicted octanol–water partition coefficient (Wildman–Crippen LogP) is 2.55. The third-order valence-electron chi connectivity index (χ3n) is 5.85. The molecule has 35 heavy (non-hydrogen) atoms. The molecule has 0 saturated carbocycles. The van der Waals surface area contributed by atoms with Gasteiger partial charge in [-0.25, -0.2) is 23.7 Å². The number of nitrogen functional groups attached to an aromatic ring is 1. The number of ether oxygens (including phenoxy) is 1. The van der Waals surface area contributed by atoms with Crippen LogP contribution in [-0.4, -0.2) is 45.0 Å². The maximum Gasteiger partial charge on any atom is 0.274 e. The number of anilines is 1. The van der Waals surface area contributed by atoms with Gasteiger partial charge in [-0.3, -0.25) is 4.79 Å². The van der Waals surface area contributed by atoms with Gasteiger partial charge in [0, 0.05) is 48.8 Å². The number of morpholine rings is 1. The number of rotatable bonds is 5. The van der Waals surface area contributed by atoms with Gasteiger partial charge in [0.2, 0.25) is 0 Å². The van der Waals surface area contributed by atoms with Crippen LogP contribution >= 0.6 is 0 Å². The monoisotopic (exact) mass is 479 g/mol. The van der Waals surface area contributed by atoms with Crippen molar-refractivity contribution in [1.82, 2.24) is 30.0 Å². The summed E-state index contributed by atoms with van der Waals surface area (Å²) < 4.78 is 35.8. The topological polar surface area (TPSA) is 119 Å². The molecule has 1 unspecified atom stereocenters. The number of hydrogen-bond acceptors (Lipinski definition) is 7. The van der Waals surface area contributed by atoms with Gasteiger partial charge >= 0.3 is 0 Å². The fourth-order valence-electron chi connectivity index (χ4n) is 4.00. The van der Waals surface area contributed by atoms with Crippen molar-refractivity contribution in [1.29, 1.82) is 0 Å². The second kappa shape index (κ2) is 9.35. The molecule has 9 nitrogen and oxygen atoms in total. The summed E-state index contributed by atoms with van der Waals surface area (Å²) in [5.74, 6) is -2.32. The van der Waals surface area contributed by atoms with Crippen LogP contribution in [0.2, 0.25) is 0 Å². The van der Waals surface area contributed by atoms with E-state index in [1.165, 1.54) is 6.07 Å². The Morgan fingerprint density at radius 3 is 2.80 bits per heavy atom. The number of benzene rings is 1. The number of pyridine rings is 1. The smallest absolute Gasteiger partial charge is 0.274 e. The standard InChI is InChI=1S/C24H23F2N7O2/c1-13-9-29-19-6-5-14(12-33(13)19)20-21(18-11-28-7-8-35-18)32-23(27)22(31-20)24(34)30-10-15-16(25)3-2-4-17(15)26/h2-6,9,12,18,28H,7-8,10-11H2,1H3,(H2,27,32)(H,30,34). The Kier molecular flexibility index (Phi) is 6.10. The number of fused-ring (bicyclic) bond motifs is 1. The van der Waals surface area contributed by atoms with E-state index in [1.54, 1.807) is 6.20 Å². The van der Waals surface area contributed by atoms with Crippen LogP contribution in [-0.2, 0) is 11.3 Å². The molecule has 0 bridgehead atoms. The van der Waals surface area contributed by atoms with Crippen LogP contribution in [0.1, 0.15) is 33.5 Å². The normalized spacial score (nSPS) is 15.9. The number of hydrogen-bond donors (Lipinski definition) is 3. The van der Waals surface area contributed by atoms with E-state index in [9.17, 15) is 13.6 Å². The third kappa shape index (κ3) is 4.43. The fourth-order valence-corrected chi connectivity index (χ4v) is 4.00. The van der Waals surface area contributed by atoms with E-state index in [0.29, 0.717) is 36.6 Å². The van der Waals surface area contributed by atoms with Gasteiger partial charge in [-0.05, 0) is 31.2 Å². The van der Waals surface area contributed by atoms with Crippen molar-refractivity contribution in [3.05, 3.63) is 77.0 Å². The van der Waals surface area contributed by atoms with Crippen molar-refractivity contribution in [3.63, 3.8) is 0 Å². The number of halogens is 2. The number of nitrogens with one attached hydrogen (secondary N) is 2. The summed E-state index contributed by atoms with van der Waals surface area (Å²) in [4.78, 5) is 26.4. The van der Waals surface area contributed by atoms with Crippen LogP contribution < -0.4 is 16.4 Å². The Labute approximate surface area is 199 Å². The second-order valence-electron chi connectivity index (χ2n) is 8.18. The quantitative estimate of drug-likeness (QED) is 0.402. The highest BCUT2D eigenvalue weighted by molar-refractivity contribution is 5.97. The van der Waals surface area contributed by atoms with Gasteiger partial charge in [0.25, 0.3) is 5.91 Å². The van der Waals surface area contributed by atoms with E-state index >= 15 is 0 Å². The molecule has 1 saturated heterocycles. The number of aryl methyl sites for hydroxylation is 1. The first kappa shape index (κ1) is 22.8. The summed E-state index contributed by atoms with van der Waals surface area (Å²) >= 11 is 0. The summed E-state index contributed by atoms with van der Waals surface area (Å²) in [5.41, 5.74) is 9.00. The zero-order valence-electron chi connectivity index (χ0n) is 18.9. The molecular weight excluding hydrogens is 456 g/mol. The Morgan fingerprint density at radius 2 is 2.06 bits per heavy atom. The minimum Gasteiger partial charge on any atom is -0.382 e. The van der Waals surface area contributed by atoms with E-state index in [2.05, 4.69) is 25.6 Å². The first-order chi connectivity index (χ1) is 16.9. The summed E-state index contributed by atoms with van der Waals surface area (Å²) in [5, 5.41) is 5.74. The van der Waals surface area contributed by atoms with Crippen LogP contribution in [0.25, 0.3) is 16.9 Å². The largest absolute Gasteiger partial charge is 0.382 e. The Hall–Kier alpha value is -3.96. The lowest BCUT2D eigenvalue weighted by atomic mass is 10.1. The molecule has 4 aromatic rings. The molecule has 1 amide bonds. The van der Waals surface area contributed by atoms with E-state index in [0.717, 1.165) is 23.5 Å². The molecule has 1 fully saturated rings. The summed E-state index contributed by atoms with van der Waals surface area (Å²) in [6.45, 7) is 3.26. The lowest BCUT2D eigenvalue weighted by molar-refractivity contribution is 0.0252. The number of amides is 1. The number of imidazole rings is 1. The third-order valence-corrected chi connectivity index (χ3v) is 5.85. The van der Waals surface area contributed by atoms with Crippen molar-refractivity contribution in [3.8, 4) is 11.3 Å². The minimum atomic E-state index is -0.758. The molecule has 1 aliphatic rings. The molecule has 5 rings (SSSR count). The number of carbonyl (C=O) groups is 1. The molecule has 0 aliphatic carbocycles. The van der Waals surface area contributed by atoms with Crippen LogP contribution in [0.5, 0.6) is 0 Å². The molecule has 4 heterocycles. The molecule has 4 N–H and O–H groups in total. The highest BCUT2D eigenvalue weighted by atomic mass is 19.1. The average Bonchev–Trinajstić information content (AvgIpc) is 3.24. The molecule has 1 aromatic carbocycles. The molecule has 3 aromatic heterocycles. The fraction of sp³-hybridized carbons (Fsp3) is 0.250. The molecule has 0 spiro atoms. The van der Waals surface area contributed by atoms with Gasteiger partial charge in [0.15, 0.2) is 11.5 Å². The Bertz CT molecular complexity index is 1400. The van der Waals surface area contributed by atoms with Gasteiger partial charge in [0.1, 0.15) is 23.4 Å². The molecule has 1 atom stereocenters. The van der Waals surface area contributed by atoms with Crippen LogP contribution in [0.15, 0.2) is 42.7 Å². The van der Waals surface area contributed by atoms with Crippen molar-refractivity contribution >= 4 is 17.4 Å². The van der Waals surface area contributed by atoms with Crippen molar-refractivity contribution in [2.24, 2.45) is 0 Å². The number of nitrogens with zero attached hydrogens (tertiary/aromatic N) is 4. The highest BCUT2D eigenvalue weighted by Gasteiger charge is 2.26. The van der Waals surface area contributed by atoms with Crippen molar-refractivity contribution in [2.45, 2.75) is 19.6 Å². The van der Waals surface area contributed by atoms with E-state index in [4.69, 9.17) is 10.5 Å². The summed E-state index contributed by atoms with van der Waals surface area (Å²) in [6.07, 6.45) is 3.19. The first-order valence-electron chi connectivity index (χ1n) is 11.1. The van der Waals surface area contributed by atoms with Crippen LogP contribution in [0, 0.1) is 18.6 Å². The molecule has 11 heteroatoms. The van der Waals surface area contributed by atoms with Gasteiger partial charge in [-0.1, -0.05) is 6.07 Å². The van der Waals surface area contributed by atoms with Gasteiger partial charge in [0.05, 0.1) is 18.0 Å². The lowest BCUT2D eigenvalue weighted by Gasteiger charge is -2.25. The Balaban J connectivity index is 1.54. The van der Waals surface area contributed by atoms with Crippen LogP contribution in [0.3, 0.4) is 0 Å². The summed E-state index contributed by atoms with van der Waals surface area (Å²) in [6, 6.07) is 7.17. The zero-order valence-corrected chi connectivity index (χ0v) is 18.9. The van der Waals surface area contributed by atoms with Crippen molar-refractivity contribution in [2.75, 3.05) is 25.4 Å². The van der Waals surface area contributed by atoms with Gasteiger partial charge in [-0.15, -0.1) is 0 Å². The average molecular weight is 479 g/mol. The van der Waals surface area contributed by atoms with E-state index in [1.807, 2.05) is 29.7 Å². The lowest BCUT2D eigenvalue weighted by Crippen LogP contribution is -2.34. The van der Waals surface area contributed by atoms with Gasteiger partial charge < -0.3 is 25.5 Å². The molecule has 1 aliphatic heterocycles. The minimum absolute atomic E-state index is 0.107. The van der Waals surface area contributed by atoms with Gasteiger partial charge in [-0.2, -0.15) is 0 Å². The maximum absolute atomic E-state index is 14.0. The van der Waals surface area contributed by atoms with E-state index in [-0.39, 0.29) is 23.6 Å². The van der Waals surface area contributed by atoms with Crippen LogP contribution in [0.4, 0.5) is 14.6 Å². The number of nitrogens with two attached hydrogens (primary N) is 1. The predicted molar refractivity (Wildman–Crippen MR) is 124 cm³/mol. The Morgan fingerprint density at radius 1 is 1.26 bits per heavy atom. The molecule has 0 radical (unpaired) electrons. The van der Waals surface area contributed by atoms with E-state index < -0.39 is 23.6 Å². The SMILES string of the molecule is Cc1cnc2ccc(-c3nc(C(=O)NCc4c(F)cccc4F)c(N)nc3C3CNCCO3)cn12. The number of aromatic nitrogens is 4. The zero-order chi connectivity index (χ0) is 24.5. The highest BCUT2D eigenvalue weighted by Crippen LogP contribution is 2.30. The second-order valence-corrected chi connectivity index (χ2v) is 8.18. The number of carbonyl (C=O) groups excluding carboxylic acids is 1. The molecule has 180 valence electrons. The first-order valence-corrected chi connectivity index (χ1v) is 11.1. The molecular formula is C24H23F2N7O2.